The summed E-state index contributed by atoms with van der Waals surface area (Å²) in [5, 5.41) is 0. The van der Waals surface area contributed by atoms with Gasteiger partial charge in [-0.2, -0.15) is 0 Å². The van der Waals surface area contributed by atoms with Crippen LogP contribution < -0.4 is 0 Å². The van der Waals surface area contributed by atoms with Gasteiger partial charge in [0.2, 0.25) is 5.78 Å². The molecule has 1 heterocycles. The van der Waals surface area contributed by atoms with Crippen molar-refractivity contribution in [1.82, 2.24) is 14.9 Å². The maximum atomic E-state index is 12.5. The molecule has 0 aliphatic rings. The second-order valence-corrected chi connectivity index (χ2v) is 4.22. The lowest BCUT2D eigenvalue weighted by atomic mass is 9.89. The van der Waals surface area contributed by atoms with Crippen LogP contribution >= 0.6 is 0 Å². The molecule has 1 rings (SSSR count). The molecule has 1 aromatic heterocycles. The Hall–Kier alpha value is -1.29. The fraction of sp³-hybridized carbons (Fsp3) is 0.615. The maximum Gasteiger partial charge on any atom is 0.202 e. The first kappa shape index (κ1) is 13.8. The van der Waals surface area contributed by atoms with Crippen molar-refractivity contribution in [3.8, 4) is 0 Å². The zero-order valence-electron chi connectivity index (χ0n) is 11.1. The monoisotopic (exact) mass is 235 g/mol. The number of carbonyl (C=O) groups excluding carboxylic acids is 1. The molecule has 0 aliphatic heterocycles. The fourth-order valence-electron chi connectivity index (χ4n) is 2.14. The van der Waals surface area contributed by atoms with Crippen molar-refractivity contribution >= 4 is 5.78 Å². The first-order valence-electron chi connectivity index (χ1n) is 6.16. The molecule has 0 saturated heterocycles. The quantitative estimate of drug-likeness (QED) is 0.709. The topological polar surface area (TPSA) is 46.1 Å². The molecule has 0 N–H and O–H groups in total. The number of aromatic nitrogens is 2. The summed E-state index contributed by atoms with van der Waals surface area (Å²) >= 11 is 0. The van der Waals surface area contributed by atoms with Crippen LogP contribution in [0, 0.1) is 0 Å². The molecule has 4 nitrogen and oxygen atoms in total. The summed E-state index contributed by atoms with van der Waals surface area (Å²) in [6, 6.07) is 0. The molecule has 1 unspecified atom stereocenters. The van der Waals surface area contributed by atoms with E-state index in [1.165, 1.54) is 0 Å². The van der Waals surface area contributed by atoms with Crippen LogP contribution in [0.4, 0.5) is 0 Å². The van der Waals surface area contributed by atoms with Gasteiger partial charge < -0.3 is 0 Å². The van der Waals surface area contributed by atoms with Crippen molar-refractivity contribution in [3.05, 3.63) is 24.3 Å². The van der Waals surface area contributed by atoms with E-state index in [0.717, 1.165) is 19.5 Å². The van der Waals surface area contributed by atoms with Gasteiger partial charge in [0, 0.05) is 12.4 Å². The number of rotatable bonds is 6. The molecule has 1 aromatic rings. The third-order valence-corrected chi connectivity index (χ3v) is 3.43. The lowest BCUT2D eigenvalue weighted by molar-refractivity contribution is 0.0602. The standard InChI is InChI=1S/C13H21N3O/c1-5-13(4,16(6-2)7-3)12(17)11-10-14-8-9-15-11/h8-10H,5-7H2,1-4H3. The summed E-state index contributed by atoms with van der Waals surface area (Å²) in [7, 11) is 0. The van der Waals surface area contributed by atoms with Crippen molar-refractivity contribution in [2.24, 2.45) is 0 Å². The predicted octanol–water partition coefficient (Wildman–Crippen LogP) is 2.17. The highest BCUT2D eigenvalue weighted by molar-refractivity contribution is 6.01. The molecular formula is C13H21N3O. The molecule has 94 valence electrons. The first-order valence-corrected chi connectivity index (χ1v) is 6.16. The second-order valence-electron chi connectivity index (χ2n) is 4.22. The van der Waals surface area contributed by atoms with Crippen molar-refractivity contribution < 1.29 is 4.79 Å². The van der Waals surface area contributed by atoms with Gasteiger partial charge in [-0.05, 0) is 26.4 Å². The van der Waals surface area contributed by atoms with Gasteiger partial charge in [-0.25, -0.2) is 4.98 Å². The Bertz CT molecular complexity index is 362. The average Bonchev–Trinajstić information content (AvgIpc) is 2.39. The van der Waals surface area contributed by atoms with E-state index in [-0.39, 0.29) is 5.78 Å². The van der Waals surface area contributed by atoms with E-state index in [2.05, 4.69) is 28.7 Å². The summed E-state index contributed by atoms with van der Waals surface area (Å²) in [6.45, 7) is 9.87. The van der Waals surface area contributed by atoms with Crippen LogP contribution in [0.15, 0.2) is 18.6 Å². The van der Waals surface area contributed by atoms with Crippen LogP contribution in [0.1, 0.15) is 44.6 Å². The number of hydrogen-bond acceptors (Lipinski definition) is 4. The van der Waals surface area contributed by atoms with Crippen LogP contribution in [0.2, 0.25) is 0 Å². The molecule has 0 radical (unpaired) electrons. The zero-order valence-corrected chi connectivity index (χ0v) is 11.1. The summed E-state index contributed by atoms with van der Waals surface area (Å²) in [5.74, 6) is 0.0526. The van der Waals surface area contributed by atoms with E-state index in [1.807, 2.05) is 13.8 Å². The Morgan fingerprint density at radius 1 is 1.29 bits per heavy atom. The molecule has 0 spiro atoms. The SMILES string of the molecule is CCN(CC)C(C)(CC)C(=O)c1cnccn1. The van der Waals surface area contributed by atoms with Crippen molar-refractivity contribution in [2.45, 2.75) is 39.7 Å². The van der Waals surface area contributed by atoms with E-state index in [4.69, 9.17) is 0 Å². The molecule has 0 saturated carbocycles. The van der Waals surface area contributed by atoms with Gasteiger partial charge in [0.05, 0.1) is 11.7 Å². The Balaban J connectivity index is 3.05. The molecule has 17 heavy (non-hydrogen) atoms. The van der Waals surface area contributed by atoms with Crippen LogP contribution in [-0.2, 0) is 0 Å². The maximum absolute atomic E-state index is 12.5. The van der Waals surface area contributed by atoms with Gasteiger partial charge in [-0.1, -0.05) is 20.8 Å². The van der Waals surface area contributed by atoms with Crippen molar-refractivity contribution in [3.63, 3.8) is 0 Å². The van der Waals surface area contributed by atoms with Crippen LogP contribution in [0.3, 0.4) is 0 Å². The minimum atomic E-state index is -0.487. The minimum absolute atomic E-state index is 0.0526. The lowest BCUT2D eigenvalue weighted by Crippen LogP contribution is -2.52. The van der Waals surface area contributed by atoms with Crippen molar-refractivity contribution in [1.29, 1.82) is 0 Å². The van der Waals surface area contributed by atoms with Gasteiger partial charge in [0.15, 0.2) is 0 Å². The van der Waals surface area contributed by atoms with Crippen molar-refractivity contribution in [2.75, 3.05) is 13.1 Å². The number of hydrogen-bond donors (Lipinski definition) is 0. The minimum Gasteiger partial charge on any atom is -0.291 e. The van der Waals surface area contributed by atoms with E-state index >= 15 is 0 Å². The molecule has 0 amide bonds. The number of carbonyl (C=O) groups is 1. The number of ketones is 1. The fourth-order valence-corrected chi connectivity index (χ4v) is 2.14. The van der Waals surface area contributed by atoms with Gasteiger partial charge in [0.25, 0.3) is 0 Å². The summed E-state index contributed by atoms with van der Waals surface area (Å²) in [4.78, 5) is 22.8. The third-order valence-electron chi connectivity index (χ3n) is 3.43. The Labute approximate surface area is 103 Å². The van der Waals surface area contributed by atoms with Crippen LogP contribution in [0.25, 0.3) is 0 Å². The Kier molecular flexibility index (Phi) is 4.75. The zero-order chi connectivity index (χ0) is 12.9. The van der Waals surface area contributed by atoms with Crippen LogP contribution in [0.5, 0.6) is 0 Å². The number of nitrogens with zero attached hydrogens (tertiary/aromatic N) is 3. The normalized spacial score (nSPS) is 14.6. The molecule has 0 aliphatic carbocycles. The summed E-state index contributed by atoms with van der Waals surface area (Å²) in [6.07, 6.45) is 5.45. The van der Waals surface area contributed by atoms with E-state index < -0.39 is 5.54 Å². The van der Waals surface area contributed by atoms with Gasteiger partial charge in [0.1, 0.15) is 5.69 Å². The number of Topliss-reactive ketones (excluding diaryl/α,β-unsaturated/α-hetero) is 1. The lowest BCUT2D eigenvalue weighted by Gasteiger charge is -2.37. The van der Waals surface area contributed by atoms with E-state index in [0.29, 0.717) is 5.69 Å². The molecule has 0 fully saturated rings. The Morgan fingerprint density at radius 2 is 1.94 bits per heavy atom. The highest BCUT2D eigenvalue weighted by Gasteiger charge is 2.37. The average molecular weight is 235 g/mol. The molecular weight excluding hydrogens is 214 g/mol. The number of likely N-dealkylation sites (N-methyl/N-ethyl adjacent to an activating group) is 1. The van der Waals surface area contributed by atoms with E-state index in [9.17, 15) is 4.79 Å². The third kappa shape index (κ3) is 2.69. The summed E-state index contributed by atoms with van der Waals surface area (Å²) < 4.78 is 0. The van der Waals surface area contributed by atoms with Gasteiger partial charge in [-0.15, -0.1) is 0 Å². The van der Waals surface area contributed by atoms with E-state index in [1.54, 1.807) is 18.6 Å². The smallest absolute Gasteiger partial charge is 0.202 e. The first-order chi connectivity index (χ1) is 8.10. The van der Waals surface area contributed by atoms with Gasteiger partial charge in [-0.3, -0.25) is 14.7 Å². The highest BCUT2D eigenvalue weighted by atomic mass is 16.1. The second kappa shape index (κ2) is 5.87. The van der Waals surface area contributed by atoms with Crippen LogP contribution in [-0.4, -0.2) is 39.3 Å². The molecule has 0 bridgehead atoms. The molecule has 1 atom stereocenters. The predicted molar refractivity (Wildman–Crippen MR) is 68.0 cm³/mol. The molecule has 0 aromatic carbocycles. The van der Waals surface area contributed by atoms with Gasteiger partial charge >= 0.3 is 0 Å². The Morgan fingerprint density at radius 3 is 2.35 bits per heavy atom. The summed E-state index contributed by atoms with van der Waals surface area (Å²) in [5.41, 5.74) is -0.0387. The highest BCUT2D eigenvalue weighted by Crippen LogP contribution is 2.23. The molecule has 4 heteroatoms. The largest absolute Gasteiger partial charge is 0.291 e.